The molecular formula is C14H27N3OS. The van der Waals surface area contributed by atoms with Crippen molar-refractivity contribution in [3.63, 3.8) is 0 Å². The van der Waals surface area contributed by atoms with Crippen molar-refractivity contribution in [3.8, 4) is 0 Å². The first-order valence-electron chi connectivity index (χ1n) is 7.14. The molecule has 0 radical (unpaired) electrons. The van der Waals surface area contributed by atoms with Gasteiger partial charge in [-0.1, -0.05) is 12.2 Å². The van der Waals surface area contributed by atoms with Gasteiger partial charge in [-0.3, -0.25) is 9.80 Å². The van der Waals surface area contributed by atoms with E-state index < -0.39 is 0 Å². The van der Waals surface area contributed by atoms with Crippen molar-refractivity contribution in [2.75, 3.05) is 32.7 Å². The highest BCUT2D eigenvalue weighted by Gasteiger charge is 2.48. The molecule has 1 unspecified atom stereocenters. The van der Waals surface area contributed by atoms with Crippen LogP contribution in [0.2, 0.25) is 0 Å². The number of piperazine rings is 1. The van der Waals surface area contributed by atoms with E-state index in [0.29, 0.717) is 11.0 Å². The molecule has 0 aliphatic carbocycles. The highest BCUT2D eigenvalue weighted by atomic mass is 32.1. The minimum atomic E-state index is -0.0607. The molecule has 0 saturated carbocycles. The second-order valence-electron chi connectivity index (χ2n) is 6.96. The topological polar surface area (TPSA) is 41.7 Å². The smallest absolute Gasteiger partial charge is 0.0870 e. The minimum absolute atomic E-state index is 0.00980. The van der Waals surface area contributed by atoms with Gasteiger partial charge in [0.1, 0.15) is 0 Å². The van der Waals surface area contributed by atoms with Crippen LogP contribution in [0.5, 0.6) is 0 Å². The van der Waals surface area contributed by atoms with Gasteiger partial charge in [-0.2, -0.15) is 0 Å². The van der Waals surface area contributed by atoms with Crippen molar-refractivity contribution in [2.45, 2.75) is 51.4 Å². The Labute approximate surface area is 122 Å². The fraction of sp³-hybridized carbons (Fsp3) is 0.929. The van der Waals surface area contributed by atoms with Gasteiger partial charge in [0.05, 0.1) is 16.2 Å². The van der Waals surface area contributed by atoms with Gasteiger partial charge in [0, 0.05) is 38.8 Å². The molecule has 2 aliphatic rings. The molecule has 2 heterocycles. The van der Waals surface area contributed by atoms with E-state index in [1.54, 1.807) is 0 Å². The van der Waals surface area contributed by atoms with Crippen LogP contribution in [0, 0.1) is 0 Å². The Hall–Kier alpha value is -0.230. The number of rotatable bonds is 3. The molecule has 0 amide bonds. The third-order valence-corrected chi connectivity index (χ3v) is 4.38. The van der Waals surface area contributed by atoms with Crippen LogP contribution in [0.1, 0.15) is 34.1 Å². The van der Waals surface area contributed by atoms with Crippen molar-refractivity contribution >= 4 is 17.2 Å². The molecule has 1 atom stereocenters. The van der Waals surface area contributed by atoms with Crippen LogP contribution < -0.4 is 5.73 Å². The lowest BCUT2D eigenvalue weighted by Crippen LogP contribution is -2.55. The van der Waals surface area contributed by atoms with Gasteiger partial charge in [0.15, 0.2) is 0 Å². The van der Waals surface area contributed by atoms with Gasteiger partial charge in [0.25, 0.3) is 0 Å². The maximum Gasteiger partial charge on any atom is 0.0870 e. The second kappa shape index (κ2) is 5.28. The maximum absolute atomic E-state index is 6.20. The minimum Gasteiger partial charge on any atom is -0.392 e. The first-order chi connectivity index (χ1) is 8.70. The SMILES string of the molecule is CC1(C)CC(N2CCN(CC(N)=S)CC2)C(C)(C)O1. The second-order valence-corrected chi connectivity index (χ2v) is 7.49. The van der Waals surface area contributed by atoms with Crippen LogP contribution in [-0.2, 0) is 4.74 Å². The van der Waals surface area contributed by atoms with Gasteiger partial charge in [-0.25, -0.2) is 0 Å². The molecule has 2 saturated heterocycles. The maximum atomic E-state index is 6.20. The summed E-state index contributed by atoms with van der Waals surface area (Å²) < 4.78 is 6.20. The molecule has 0 aromatic heterocycles. The zero-order valence-electron chi connectivity index (χ0n) is 12.6. The number of ether oxygens (including phenoxy) is 1. The first-order valence-corrected chi connectivity index (χ1v) is 7.55. The van der Waals surface area contributed by atoms with Gasteiger partial charge in [0.2, 0.25) is 0 Å². The zero-order valence-corrected chi connectivity index (χ0v) is 13.4. The summed E-state index contributed by atoms with van der Waals surface area (Å²) in [6, 6.07) is 0.509. The number of hydrogen-bond acceptors (Lipinski definition) is 4. The average Bonchev–Trinajstić information content (AvgIpc) is 2.47. The molecule has 2 fully saturated rings. The molecule has 5 heteroatoms. The standard InChI is InChI=1S/C14H27N3OS/c1-13(2)9-11(14(3,4)18-13)17-7-5-16(6-8-17)10-12(15)19/h11H,5-10H2,1-4H3,(H2,15,19). The lowest BCUT2D eigenvalue weighted by molar-refractivity contribution is -0.0832. The molecule has 2 rings (SSSR count). The highest BCUT2D eigenvalue weighted by molar-refractivity contribution is 7.80. The molecule has 110 valence electrons. The van der Waals surface area contributed by atoms with Crippen molar-refractivity contribution in [1.29, 1.82) is 0 Å². The van der Waals surface area contributed by atoms with E-state index in [9.17, 15) is 0 Å². The van der Waals surface area contributed by atoms with E-state index in [4.69, 9.17) is 22.7 Å². The number of hydrogen-bond donors (Lipinski definition) is 1. The van der Waals surface area contributed by atoms with Crippen LogP contribution >= 0.6 is 12.2 Å². The summed E-state index contributed by atoms with van der Waals surface area (Å²) in [5, 5.41) is 0. The first kappa shape index (κ1) is 15.2. The predicted octanol–water partition coefficient (Wildman–Crippen LogP) is 1.24. The highest BCUT2D eigenvalue weighted by Crippen LogP contribution is 2.40. The fourth-order valence-corrected chi connectivity index (χ4v) is 3.74. The van der Waals surface area contributed by atoms with Gasteiger partial charge < -0.3 is 10.5 Å². The summed E-state index contributed by atoms with van der Waals surface area (Å²) >= 11 is 4.98. The van der Waals surface area contributed by atoms with Crippen LogP contribution in [-0.4, -0.2) is 64.8 Å². The normalized spacial score (nSPS) is 31.5. The van der Waals surface area contributed by atoms with E-state index in [-0.39, 0.29) is 11.2 Å². The quantitative estimate of drug-likeness (QED) is 0.790. The van der Waals surface area contributed by atoms with E-state index in [0.717, 1.165) is 39.1 Å². The van der Waals surface area contributed by atoms with Crippen LogP contribution in [0.25, 0.3) is 0 Å². The van der Waals surface area contributed by atoms with Crippen molar-refractivity contribution < 1.29 is 4.74 Å². The van der Waals surface area contributed by atoms with Crippen molar-refractivity contribution in [2.24, 2.45) is 5.73 Å². The Morgan fingerprint density at radius 1 is 1.21 bits per heavy atom. The van der Waals surface area contributed by atoms with E-state index in [2.05, 4.69) is 37.5 Å². The lowest BCUT2D eigenvalue weighted by Gasteiger charge is -2.41. The van der Waals surface area contributed by atoms with Crippen molar-refractivity contribution in [3.05, 3.63) is 0 Å². The molecule has 19 heavy (non-hydrogen) atoms. The third kappa shape index (κ3) is 3.66. The zero-order chi connectivity index (χ0) is 14.3. The van der Waals surface area contributed by atoms with E-state index in [1.807, 2.05) is 0 Å². The molecule has 2 N–H and O–H groups in total. The van der Waals surface area contributed by atoms with Gasteiger partial charge in [-0.05, 0) is 34.1 Å². The largest absolute Gasteiger partial charge is 0.392 e. The summed E-state index contributed by atoms with van der Waals surface area (Å²) in [5.74, 6) is 0. The molecule has 0 spiro atoms. The number of nitrogens with two attached hydrogens (primary N) is 1. The van der Waals surface area contributed by atoms with E-state index >= 15 is 0 Å². The predicted molar refractivity (Wildman–Crippen MR) is 82.4 cm³/mol. The van der Waals surface area contributed by atoms with E-state index in [1.165, 1.54) is 0 Å². The summed E-state index contributed by atoms with van der Waals surface area (Å²) in [6.07, 6.45) is 1.11. The monoisotopic (exact) mass is 285 g/mol. The molecular weight excluding hydrogens is 258 g/mol. The summed E-state index contributed by atoms with van der Waals surface area (Å²) in [5.41, 5.74) is 5.54. The Morgan fingerprint density at radius 2 is 1.79 bits per heavy atom. The Balaban J connectivity index is 1.93. The van der Waals surface area contributed by atoms with Crippen molar-refractivity contribution in [1.82, 2.24) is 9.80 Å². The third-order valence-electron chi connectivity index (χ3n) is 4.25. The fourth-order valence-electron chi connectivity index (χ4n) is 3.56. The molecule has 0 aromatic carbocycles. The molecule has 0 bridgehead atoms. The average molecular weight is 285 g/mol. The Bertz CT molecular complexity index is 349. The Kier molecular flexibility index (Phi) is 4.21. The molecule has 0 aromatic rings. The van der Waals surface area contributed by atoms with Gasteiger partial charge in [-0.15, -0.1) is 0 Å². The summed E-state index contributed by atoms with van der Waals surface area (Å²) in [6.45, 7) is 13.8. The number of thiocarbonyl (C=S) groups is 1. The van der Waals surface area contributed by atoms with Crippen LogP contribution in [0.15, 0.2) is 0 Å². The molecule has 4 nitrogen and oxygen atoms in total. The lowest BCUT2D eigenvalue weighted by atomic mass is 9.92. The molecule has 2 aliphatic heterocycles. The summed E-state index contributed by atoms with van der Waals surface area (Å²) in [4.78, 5) is 5.51. The number of nitrogens with zero attached hydrogens (tertiary/aromatic N) is 2. The Morgan fingerprint density at radius 3 is 2.21 bits per heavy atom. The van der Waals surface area contributed by atoms with Crippen LogP contribution in [0.3, 0.4) is 0 Å². The van der Waals surface area contributed by atoms with Crippen LogP contribution in [0.4, 0.5) is 0 Å². The van der Waals surface area contributed by atoms with Gasteiger partial charge >= 0.3 is 0 Å². The summed E-state index contributed by atoms with van der Waals surface area (Å²) in [7, 11) is 0.